The summed E-state index contributed by atoms with van der Waals surface area (Å²) in [5.41, 5.74) is 1.18. The third-order valence-corrected chi connectivity index (χ3v) is 3.80. The van der Waals surface area contributed by atoms with Crippen LogP contribution in [0.25, 0.3) is 0 Å². The molecule has 0 amide bonds. The van der Waals surface area contributed by atoms with E-state index in [0.29, 0.717) is 11.5 Å². The van der Waals surface area contributed by atoms with Gasteiger partial charge in [0.1, 0.15) is 6.61 Å². The molecule has 1 heterocycles. The Bertz CT molecular complexity index is 430. The van der Waals surface area contributed by atoms with Crippen LogP contribution < -0.4 is 20.1 Å². The molecular formula is C16H28Cl2N2O3. The highest BCUT2D eigenvalue weighted by Crippen LogP contribution is 2.28. The van der Waals surface area contributed by atoms with Crippen LogP contribution in [0.5, 0.6) is 11.5 Å². The number of nitrogens with one attached hydrogen (secondary N) is 2. The Balaban J connectivity index is 0.00000242. The van der Waals surface area contributed by atoms with Crippen molar-refractivity contribution in [2.24, 2.45) is 5.92 Å². The maximum atomic E-state index is 8.81. The summed E-state index contributed by atoms with van der Waals surface area (Å²) in [7, 11) is 1.63. The van der Waals surface area contributed by atoms with Crippen molar-refractivity contribution in [3.05, 3.63) is 23.8 Å². The zero-order valence-corrected chi connectivity index (χ0v) is 15.2. The van der Waals surface area contributed by atoms with E-state index in [1.165, 1.54) is 18.4 Å². The normalized spacial score (nSPS) is 14.5. The molecule has 1 aliphatic heterocycles. The molecule has 0 bridgehead atoms. The van der Waals surface area contributed by atoms with E-state index in [9.17, 15) is 0 Å². The lowest BCUT2D eigenvalue weighted by atomic mass is 9.98. The maximum absolute atomic E-state index is 8.81. The Labute approximate surface area is 151 Å². The first-order valence-electron chi connectivity index (χ1n) is 7.65. The predicted octanol–water partition coefficient (Wildman–Crippen LogP) is 2.00. The molecule has 5 nitrogen and oxygen atoms in total. The summed E-state index contributed by atoms with van der Waals surface area (Å²) in [6.45, 7) is 4.45. The van der Waals surface area contributed by atoms with Gasteiger partial charge in [-0.3, -0.25) is 0 Å². The number of hydrogen-bond donors (Lipinski definition) is 3. The summed E-state index contributed by atoms with van der Waals surface area (Å²) in [4.78, 5) is 0. The second-order valence-corrected chi connectivity index (χ2v) is 5.38. The molecule has 0 saturated carbocycles. The largest absolute Gasteiger partial charge is 0.493 e. The quantitative estimate of drug-likeness (QED) is 0.656. The summed E-state index contributed by atoms with van der Waals surface area (Å²) in [6.07, 6.45) is 2.51. The number of ether oxygens (including phenoxy) is 2. The minimum Gasteiger partial charge on any atom is -0.493 e. The summed E-state index contributed by atoms with van der Waals surface area (Å²) >= 11 is 0. The van der Waals surface area contributed by atoms with Crippen molar-refractivity contribution in [2.75, 3.05) is 40.0 Å². The summed E-state index contributed by atoms with van der Waals surface area (Å²) in [5, 5.41) is 15.7. The minimum atomic E-state index is 0. The van der Waals surface area contributed by atoms with Crippen molar-refractivity contribution >= 4 is 24.8 Å². The topological polar surface area (TPSA) is 62.8 Å². The highest BCUT2D eigenvalue weighted by atomic mass is 35.5. The van der Waals surface area contributed by atoms with E-state index in [1.807, 2.05) is 18.2 Å². The molecule has 0 spiro atoms. The van der Waals surface area contributed by atoms with Gasteiger partial charge in [0, 0.05) is 6.54 Å². The molecule has 0 atom stereocenters. The summed E-state index contributed by atoms with van der Waals surface area (Å²) < 4.78 is 10.8. The van der Waals surface area contributed by atoms with Gasteiger partial charge >= 0.3 is 0 Å². The van der Waals surface area contributed by atoms with E-state index in [0.717, 1.165) is 32.1 Å². The van der Waals surface area contributed by atoms with E-state index in [-0.39, 0.29) is 38.0 Å². The average Bonchev–Trinajstić information content (AvgIpc) is 2.54. The monoisotopic (exact) mass is 366 g/mol. The molecule has 1 fully saturated rings. The van der Waals surface area contributed by atoms with Crippen LogP contribution in [0.4, 0.5) is 0 Å². The third kappa shape index (κ3) is 7.59. The summed E-state index contributed by atoms with van der Waals surface area (Å²) in [5.74, 6) is 2.17. The van der Waals surface area contributed by atoms with Crippen molar-refractivity contribution in [3.8, 4) is 11.5 Å². The van der Waals surface area contributed by atoms with Crippen LogP contribution >= 0.6 is 24.8 Å². The van der Waals surface area contributed by atoms with Gasteiger partial charge in [0.15, 0.2) is 11.5 Å². The minimum absolute atomic E-state index is 0. The van der Waals surface area contributed by atoms with Crippen molar-refractivity contribution < 1.29 is 14.6 Å². The molecular weight excluding hydrogens is 339 g/mol. The van der Waals surface area contributed by atoms with Crippen molar-refractivity contribution in [1.82, 2.24) is 10.6 Å². The molecule has 1 saturated heterocycles. The first-order chi connectivity index (χ1) is 10.3. The Kier molecular flexibility index (Phi) is 12.3. The molecule has 1 aromatic rings. The van der Waals surface area contributed by atoms with E-state index >= 15 is 0 Å². The number of benzene rings is 1. The predicted molar refractivity (Wildman–Crippen MR) is 97.4 cm³/mol. The van der Waals surface area contributed by atoms with Gasteiger partial charge in [-0.05, 0) is 56.1 Å². The number of rotatable bonds is 8. The molecule has 0 unspecified atom stereocenters. The Morgan fingerprint density at radius 1 is 1.22 bits per heavy atom. The molecule has 3 N–H and O–H groups in total. The fourth-order valence-corrected chi connectivity index (χ4v) is 2.60. The van der Waals surface area contributed by atoms with E-state index < -0.39 is 0 Å². The molecule has 0 radical (unpaired) electrons. The Hall–Kier alpha value is -0.720. The van der Waals surface area contributed by atoms with Crippen LogP contribution in [0.3, 0.4) is 0 Å². The van der Waals surface area contributed by atoms with E-state index in [4.69, 9.17) is 14.6 Å². The Morgan fingerprint density at radius 2 is 1.96 bits per heavy atom. The number of aliphatic hydroxyl groups excluding tert-OH is 1. The number of halogens is 2. The fourth-order valence-electron chi connectivity index (χ4n) is 2.60. The van der Waals surface area contributed by atoms with Crippen molar-refractivity contribution in [2.45, 2.75) is 19.4 Å². The van der Waals surface area contributed by atoms with E-state index in [2.05, 4.69) is 10.6 Å². The highest BCUT2D eigenvalue weighted by molar-refractivity contribution is 5.85. The SMILES string of the molecule is COc1cc(CNCC2CCNCC2)ccc1OCCO.Cl.Cl. The molecule has 23 heavy (non-hydrogen) atoms. The lowest BCUT2D eigenvalue weighted by Crippen LogP contribution is -2.33. The van der Waals surface area contributed by atoms with Crippen molar-refractivity contribution in [1.29, 1.82) is 0 Å². The van der Waals surface area contributed by atoms with Gasteiger partial charge in [-0.2, -0.15) is 0 Å². The van der Waals surface area contributed by atoms with Crippen LogP contribution in [-0.4, -0.2) is 45.1 Å². The lowest BCUT2D eigenvalue weighted by molar-refractivity contribution is 0.196. The number of aliphatic hydroxyl groups is 1. The van der Waals surface area contributed by atoms with Crippen LogP contribution in [-0.2, 0) is 6.54 Å². The molecule has 1 aromatic carbocycles. The van der Waals surface area contributed by atoms with Gasteiger partial charge in [0.05, 0.1) is 13.7 Å². The van der Waals surface area contributed by atoms with Gasteiger partial charge in [-0.15, -0.1) is 24.8 Å². The summed E-state index contributed by atoms with van der Waals surface area (Å²) in [6, 6.07) is 5.92. The zero-order valence-electron chi connectivity index (χ0n) is 13.5. The molecule has 7 heteroatoms. The number of methoxy groups -OCH3 is 1. The number of hydrogen-bond acceptors (Lipinski definition) is 5. The van der Waals surface area contributed by atoms with Crippen LogP contribution in [0.1, 0.15) is 18.4 Å². The molecule has 0 aliphatic carbocycles. The molecule has 134 valence electrons. The van der Waals surface area contributed by atoms with Crippen LogP contribution in [0.2, 0.25) is 0 Å². The molecule has 1 aliphatic rings. The van der Waals surface area contributed by atoms with Crippen LogP contribution in [0.15, 0.2) is 18.2 Å². The van der Waals surface area contributed by atoms with Gasteiger partial charge in [0.25, 0.3) is 0 Å². The van der Waals surface area contributed by atoms with Gasteiger partial charge in [-0.25, -0.2) is 0 Å². The van der Waals surface area contributed by atoms with E-state index in [1.54, 1.807) is 7.11 Å². The second kappa shape index (κ2) is 12.7. The fraction of sp³-hybridized carbons (Fsp3) is 0.625. The first-order valence-corrected chi connectivity index (χ1v) is 7.65. The van der Waals surface area contributed by atoms with Gasteiger partial charge in [-0.1, -0.05) is 6.07 Å². The lowest BCUT2D eigenvalue weighted by Gasteiger charge is -2.22. The number of piperidine rings is 1. The van der Waals surface area contributed by atoms with Gasteiger partial charge < -0.3 is 25.2 Å². The maximum Gasteiger partial charge on any atom is 0.161 e. The first kappa shape index (κ1) is 22.3. The van der Waals surface area contributed by atoms with Gasteiger partial charge in [0.2, 0.25) is 0 Å². The highest BCUT2D eigenvalue weighted by Gasteiger charge is 2.12. The third-order valence-electron chi connectivity index (χ3n) is 3.80. The van der Waals surface area contributed by atoms with Crippen LogP contribution in [0, 0.1) is 5.92 Å². The van der Waals surface area contributed by atoms with Crippen molar-refractivity contribution in [3.63, 3.8) is 0 Å². The standard InChI is InChI=1S/C16H26N2O3.2ClH/c1-20-16-10-14(2-3-15(16)21-9-8-19)12-18-11-13-4-6-17-7-5-13;;/h2-3,10,13,17-19H,4-9,11-12H2,1H3;2*1H. The zero-order chi connectivity index (χ0) is 14.9. The molecule has 0 aromatic heterocycles. The smallest absolute Gasteiger partial charge is 0.161 e. The Morgan fingerprint density at radius 3 is 2.61 bits per heavy atom. The average molecular weight is 367 g/mol. The molecule has 2 rings (SSSR count). The second-order valence-electron chi connectivity index (χ2n) is 5.38.